The van der Waals surface area contributed by atoms with Crippen LogP contribution in [0.15, 0.2) is 11.6 Å². The van der Waals surface area contributed by atoms with Crippen LogP contribution in [0.5, 0.6) is 0 Å². The summed E-state index contributed by atoms with van der Waals surface area (Å²) in [7, 11) is -1.82. The lowest BCUT2D eigenvalue weighted by Crippen LogP contribution is -2.52. The number of rotatable bonds is 5. The van der Waals surface area contributed by atoms with Crippen LogP contribution in [0.1, 0.15) is 40.5 Å². The van der Waals surface area contributed by atoms with E-state index in [0.717, 1.165) is 18.4 Å². The molecule has 1 aliphatic carbocycles. The van der Waals surface area contributed by atoms with Crippen molar-refractivity contribution in [2.75, 3.05) is 13.2 Å². The molecule has 1 heterocycles. The van der Waals surface area contributed by atoms with Gasteiger partial charge in [-0.1, -0.05) is 25.7 Å². The zero-order valence-corrected chi connectivity index (χ0v) is 17.2. The Morgan fingerprint density at radius 2 is 1.71 bits per heavy atom. The maximum Gasteiger partial charge on any atom is 0.410 e. The fraction of sp³-hybridized carbons (Fsp3) is 0.833. The van der Waals surface area contributed by atoms with Crippen molar-refractivity contribution in [2.45, 2.75) is 83.8 Å². The third-order valence-electron chi connectivity index (χ3n) is 4.64. The molecule has 2 aliphatic rings. The number of amides is 1. The van der Waals surface area contributed by atoms with E-state index in [0.29, 0.717) is 13.2 Å². The van der Waals surface area contributed by atoms with E-state index in [1.165, 1.54) is 0 Å². The second-order valence-electron chi connectivity index (χ2n) is 8.37. The van der Waals surface area contributed by atoms with Gasteiger partial charge in [-0.15, -0.1) is 0 Å². The zero-order valence-electron chi connectivity index (χ0n) is 16.2. The summed E-state index contributed by atoms with van der Waals surface area (Å²) in [5.41, 5.74) is 0.797. The van der Waals surface area contributed by atoms with Gasteiger partial charge in [0.1, 0.15) is 5.73 Å². The quantitative estimate of drug-likeness (QED) is 0.553. The van der Waals surface area contributed by atoms with E-state index in [2.05, 4.69) is 25.7 Å². The van der Waals surface area contributed by atoms with Crippen molar-refractivity contribution in [1.82, 2.24) is 4.90 Å². The van der Waals surface area contributed by atoms with Crippen molar-refractivity contribution in [3.63, 3.8) is 0 Å². The SMILES string of the molecule is CC(C)N(C(=O)O[C@H](C1=CCCC12OCCO2)[Si](C)(C)C)C(C)C. The van der Waals surface area contributed by atoms with Crippen LogP contribution in [0.3, 0.4) is 0 Å². The summed E-state index contributed by atoms with van der Waals surface area (Å²) in [6.45, 7) is 16.0. The summed E-state index contributed by atoms with van der Waals surface area (Å²) in [5.74, 6) is -0.661. The fourth-order valence-electron chi connectivity index (χ4n) is 3.68. The molecule has 1 spiro atoms. The molecule has 0 saturated carbocycles. The molecule has 0 aromatic rings. The highest BCUT2D eigenvalue weighted by Crippen LogP contribution is 2.42. The van der Waals surface area contributed by atoms with Gasteiger partial charge in [0.05, 0.1) is 21.3 Å². The van der Waals surface area contributed by atoms with Gasteiger partial charge in [0.2, 0.25) is 0 Å². The number of carbonyl (C=O) groups is 1. The molecule has 0 unspecified atom stereocenters. The number of allylic oxidation sites excluding steroid dienone is 1. The molecule has 0 radical (unpaired) electrons. The molecule has 2 rings (SSSR count). The molecule has 0 aromatic heterocycles. The van der Waals surface area contributed by atoms with E-state index in [9.17, 15) is 4.79 Å². The van der Waals surface area contributed by atoms with Crippen LogP contribution < -0.4 is 0 Å². The Morgan fingerprint density at radius 3 is 2.17 bits per heavy atom. The molecule has 5 nitrogen and oxygen atoms in total. The van der Waals surface area contributed by atoms with E-state index in [-0.39, 0.29) is 23.9 Å². The number of hydrogen-bond donors (Lipinski definition) is 0. The standard InChI is InChI=1S/C18H33NO4Si/c1-13(2)19(14(3)4)17(20)23-16(24(5,6)7)15-9-8-10-18(15)21-11-12-22-18/h9,13-14,16H,8,10-12H2,1-7H3/t16-/m0/s1. The maximum absolute atomic E-state index is 12.9. The van der Waals surface area contributed by atoms with Crippen LogP contribution in [0.25, 0.3) is 0 Å². The lowest BCUT2D eigenvalue weighted by molar-refractivity contribution is -0.131. The van der Waals surface area contributed by atoms with E-state index in [4.69, 9.17) is 14.2 Å². The van der Waals surface area contributed by atoms with Gasteiger partial charge in [-0.05, 0) is 34.1 Å². The smallest absolute Gasteiger partial charge is 0.410 e. The van der Waals surface area contributed by atoms with Crippen molar-refractivity contribution in [3.8, 4) is 0 Å². The number of ether oxygens (including phenoxy) is 3. The van der Waals surface area contributed by atoms with Gasteiger partial charge < -0.3 is 19.1 Å². The van der Waals surface area contributed by atoms with Crippen molar-refractivity contribution >= 4 is 14.2 Å². The van der Waals surface area contributed by atoms with Gasteiger partial charge in [-0.3, -0.25) is 0 Å². The molecule has 0 bridgehead atoms. The lowest BCUT2D eigenvalue weighted by atomic mass is 10.1. The number of nitrogens with zero attached hydrogens (tertiary/aromatic N) is 1. The number of hydrogen-bond acceptors (Lipinski definition) is 4. The first-order chi connectivity index (χ1) is 11.1. The first kappa shape index (κ1) is 19.5. The van der Waals surface area contributed by atoms with Gasteiger partial charge in [0.15, 0.2) is 5.79 Å². The highest BCUT2D eigenvalue weighted by atomic mass is 28.3. The van der Waals surface area contributed by atoms with Crippen LogP contribution in [0, 0.1) is 0 Å². The van der Waals surface area contributed by atoms with Crippen LogP contribution in [-0.4, -0.2) is 55.9 Å². The Labute approximate surface area is 147 Å². The summed E-state index contributed by atoms with van der Waals surface area (Å²) in [5, 5.41) is 0. The summed E-state index contributed by atoms with van der Waals surface area (Å²) < 4.78 is 18.0. The van der Waals surface area contributed by atoms with Crippen molar-refractivity contribution < 1.29 is 19.0 Å². The molecular formula is C18H33NO4Si. The van der Waals surface area contributed by atoms with Crippen molar-refractivity contribution in [1.29, 1.82) is 0 Å². The number of carbonyl (C=O) groups excluding carboxylic acids is 1. The molecule has 0 N–H and O–H groups in total. The van der Waals surface area contributed by atoms with E-state index >= 15 is 0 Å². The molecule has 6 heteroatoms. The van der Waals surface area contributed by atoms with Crippen molar-refractivity contribution in [3.05, 3.63) is 11.6 Å². The molecule has 1 aliphatic heterocycles. The monoisotopic (exact) mass is 355 g/mol. The summed E-state index contributed by atoms with van der Waals surface area (Å²) >= 11 is 0. The predicted molar refractivity (Wildman–Crippen MR) is 97.7 cm³/mol. The Morgan fingerprint density at radius 1 is 1.17 bits per heavy atom. The van der Waals surface area contributed by atoms with Crippen LogP contribution in [0.2, 0.25) is 19.6 Å². The maximum atomic E-state index is 12.9. The first-order valence-corrected chi connectivity index (χ1v) is 12.6. The molecule has 1 fully saturated rings. The lowest BCUT2D eigenvalue weighted by Gasteiger charge is -2.39. The zero-order chi connectivity index (χ0) is 18.1. The van der Waals surface area contributed by atoms with Gasteiger partial charge in [0.25, 0.3) is 0 Å². The van der Waals surface area contributed by atoms with Gasteiger partial charge >= 0.3 is 6.09 Å². The topological polar surface area (TPSA) is 48.0 Å². The average molecular weight is 356 g/mol. The molecule has 1 amide bonds. The van der Waals surface area contributed by atoms with E-state index in [1.807, 2.05) is 27.7 Å². The molecule has 1 saturated heterocycles. The Kier molecular flexibility index (Phi) is 5.82. The normalized spacial score (nSPS) is 21.5. The summed E-state index contributed by atoms with van der Waals surface area (Å²) in [6, 6.07) is 0.204. The second-order valence-corrected chi connectivity index (χ2v) is 13.6. The third-order valence-corrected chi connectivity index (χ3v) is 6.64. The largest absolute Gasteiger partial charge is 0.445 e. The molecule has 0 aromatic carbocycles. The Hall–Kier alpha value is -0.853. The third kappa shape index (κ3) is 3.86. The highest BCUT2D eigenvalue weighted by molar-refractivity contribution is 6.78. The minimum absolute atomic E-state index is 0.102. The average Bonchev–Trinajstić information content (AvgIpc) is 3.05. The van der Waals surface area contributed by atoms with E-state index < -0.39 is 13.9 Å². The molecular weight excluding hydrogens is 322 g/mol. The van der Waals surface area contributed by atoms with Crippen LogP contribution in [0.4, 0.5) is 4.79 Å². The van der Waals surface area contributed by atoms with E-state index in [1.54, 1.807) is 4.90 Å². The molecule has 24 heavy (non-hydrogen) atoms. The minimum Gasteiger partial charge on any atom is -0.445 e. The minimum atomic E-state index is -1.82. The van der Waals surface area contributed by atoms with Crippen LogP contribution >= 0.6 is 0 Å². The highest BCUT2D eigenvalue weighted by Gasteiger charge is 2.50. The Bertz CT molecular complexity index is 482. The van der Waals surface area contributed by atoms with Gasteiger partial charge in [-0.25, -0.2) is 4.79 Å². The summed E-state index contributed by atoms with van der Waals surface area (Å²) in [6.07, 6.45) is 3.65. The Balaban J connectivity index is 2.26. The molecule has 1 atom stereocenters. The fourth-order valence-corrected chi connectivity index (χ4v) is 5.40. The van der Waals surface area contributed by atoms with Gasteiger partial charge in [-0.2, -0.15) is 0 Å². The van der Waals surface area contributed by atoms with Gasteiger partial charge in [0, 0.05) is 24.1 Å². The van der Waals surface area contributed by atoms with Crippen LogP contribution in [-0.2, 0) is 14.2 Å². The summed E-state index contributed by atoms with van der Waals surface area (Å²) in [4.78, 5) is 14.7. The predicted octanol–water partition coefficient (Wildman–Crippen LogP) is 3.95. The van der Waals surface area contributed by atoms with Crippen molar-refractivity contribution in [2.24, 2.45) is 0 Å². The second kappa shape index (κ2) is 7.18. The molecule has 138 valence electrons. The first-order valence-electron chi connectivity index (χ1n) is 9.06.